The van der Waals surface area contributed by atoms with Crippen molar-refractivity contribution < 1.29 is 0 Å². The second kappa shape index (κ2) is 4.77. The van der Waals surface area contributed by atoms with Gasteiger partial charge in [-0.3, -0.25) is 9.36 Å². The van der Waals surface area contributed by atoms with Crippen LogP contribution in [-0.2, 0) is 6.54 Å². The van der Waals surface area contributed by atoms with Gasteiger partial charge in [-0.2, -0.15) is 0 Å². The van der Waals surface area contributed by atoms with Gasteiger partial charge < -0.3 is 0 Å². The van der Waals surface area contributed by atoms with E-state index in [-0.39, 0.29) is 5.56 Å². The van der Waals surface area contributed by atoms with E-state index in [0.717, 1.165) is 12.2 Å². The Morgan fingerprint density at radius 1 is 1.69 bits per heavy atom. The van der Waals surface area contributed by atoms with Gasteiger partial charge in [0.15, 0.2) is 0 Å². The van der Waals surface area contributed by atoms with Crippen LogP contribution in [0.1, 0.15) is 12.2 Å². The lowest BCUT2D eigenvalue weighted by molar-refractivity contribution is 0.616. The molecule has 0 aliphatic heterocycles. The van der Waals surface area contributed by atoms with Crippen LogP contribution in [0.4, 0.5) is 0 Å². The molecule has 0 atom stereocenters. The van der Waals surface area contributed by atoms with E-state index < -0.39 is 0 Å². The highest BCUT2D eigenvalue weighted by Gasteiger charge is 2.03. The molecule has 0 amide bonds. The minimum absolute atomic E-state index is 0.0439. The van der Waals surface area contributed by atoms with Crippen LogP contribution in [0.5, 0.6) is 0 Å². The van der Waals surface area contributed by atoms with Crippen LogP contribution in [0.2, 0.25) is 0 Å². The predicted octanol–water partition coefficient (Wildman–Crippen LogP) is 1.94. The molecular weight excluding hydrogens is 255 g/mol. The molecule has 0 aliphatic rings. The summed E-state index contributed by atoms with van der Waals surface area (Å²) in [7, 11) is 0. The Bertz CT molecular complexity index is 350. The van der Waals surface area contributed by atoms with Crippen molar-refractivity contribution in [1.29, 1.82) is 0 Å². The van der Waals surface area contributed by atoms with Crippen LogP contribution in [0.15, 0.2) is 15.5 Å². The highest BCUT2D eigenvalue weighted by Crippen LogP contribution is 2.02. The third-order valence-corrected chi connectivity index (χ3v) is 2.53. The first-order valence-corrected chi connectivity index (χ1v) is 5.27. The van der Waals surface area contributed by atoms with Crippen molar-refractivity contribution in [3.05, 3.63) is 26.8 Å². The van der Waals surface area contributed by atoms with Crippen LogP contribution in [-0.4, -0.2) is 15.4 Å². The maximum Gasteiger partial charge on any atom is 0.267 e. The number of hydrogen-bond acceptors (Lipinski definition) is 2. The number of nitrogens with zero attached hydrogens (tertiary/aromatic N) is 2. The van der Waals surface area contributed by atoms with Gasteiger partial charge in [0.2, 0.25) is 0 Å². The van der Waals surface area contributed by atoms with Gasteiger partial charge in [-0.05, 0) is 29.3 Å². The minimum Gasteiger partial charge on any atom is -0.296 e. The Balaban J connectivity index is 3.03. The van der Waals surface area contributed by atoms with Gasteiger partial charge in [0.25, 0.3) is 5.56 Å². The molecule has 0 N–H and O–H groups in total. The molecule has 0 saturated carbocycles. The molecule has 0 aromatic carbocycles. The first-order valence-electron chi connectivity index (χ1n) is 3.94. The third-order valence-electron chi connectivity index (χ3n) is 1.72. The number of halogens is 2. The fourth-order valence-corrected chi connectivity index (χ4v) is 1.47. The Morgan fingerprint density at radius 3 is 3.00 bits per heavy atom. The summed E-state index contributed by atoms with van der Waals surface area (Å²) in [5.74, 6) is 1.27. The summed E-state index contributed by atoms with van der Waals surface area (Å²) in [4.78, 5) is 15.6. The number of aryl methyl sites for hydroxylation is 1. The molecule has 1 aromatic rings. The first-order chi connectivity index (χ1) is 6.16. The van der Waals surface area contributed by atoms with E-state index in [1.165, 1.54) is 6.20 Å². The van der Waals surface area contributed by atoms with E-state index in [4.69, 9.17) is 11.6 Å². The van der Waals surface area contributed by atoms with Crippen molar-refractivity contribution in [2.75, 3.05) is 5.88 Å². The Hall–Kier alpha value is -0.350. The van der Waals surface area contributed by atoms with E-state index in [1.54, 1.807) is 4.57 Å². The van der Waals surface area contributed by atoms with E-state index >= 15 is 0 Å². The van der Waals surface area contributed by atoms with Crippen molar-refractivity contribution in [1.82, 2.24) is 9.55 Å². The molecule has 0 spiro atoms. The van der Waals surface area contributed by atoms with Gasteiger partial charge in [0.05, 0.1) is 0 Å². The van der Waals surface area contributed by atoms with Crippen molar-refractivity contribution in [2.24, 2.45) is 0 Å². The predicted molar refractivity (Wildman–Crippen MR) is 56.3 cm³/mol. The zero-order chi connectivity index (χ0) is 9.84. The van der Waals surface area contributed by atoms with E-state index in [1.807, 2.05) is 6.92 Å². The van der Waals surface area contributed by atoms with Crippen molar-refractivity contribution in [2.45, 2.75) is 19.9 Å². The van der Waals surface area contributed by atoms with E-state index in [9.17, 15) is 4.79 Å². The molecule has 0 unspecified atom stereocenters. The highest BCUT2D eigenvalue weighted by atomic mass is 79.9. The van der Waals surface area contributed by atoms with Gasteiger partial charge in [-0.1, -0.05) is 0 Å². The van der Waals surface area contributed by atoms with Gasteiger partial charge in [-0.25, -0.2) is 4.98 Å². The molecule has 0 radical (unpaired) electrons. The summed E-state index contributed by atoms with van der Waals surface area (Å²) >= 11 is 8.69. The molecule has 0 saturated heterocycles. The monoisotopic (exact) mass is 264 g/mol. The molecule has 0 aliphatic carbocycles. The summed E-state index contributed by atoms with van der Waals surface area (Å²) < 4.78 is 2.11. The maximum atomic E-state index is 11.5. The molecule has 13 heavy (non-hydrogen) atoms. The number of aromatic nitrogens is 2. The fourth-order valence-electron chi connectivity index (χ4n) is 1.03. The average Bonchev–Trinajstić information content (AvgIpc) is 2.12. The molecule has 5 heteroatoms. The Morgan fingerprint density at radius 2 is 2.38 bits per heavy atom. The maximum absolute atomic E-state index is 11.5. The standard InChI is InChI=1S/C8H10BrClN2O/c1-6-11-5-7(9)8(13)12(6)4-2-3-10/h5H,2-4H2,1H3. The lowest BCUT2D eigenvalue weighted by atomic mass is 10.4. The van der Waals surface area contributed by atoms with Crippen molar-refractivity contribution >= 4 is 27.5 Å². The van der Waals surface area contributed by atoms with Crippen molar-refractivity contribution in [3.63, 3.8) is 0 Å². The third kappa shape index (κ3) is 2.54. The average molecular weight is 266 g/mol. The van der Waals surface area contributed by atoms with Crippen LogP contribution in [0.3, 0.4) is 0 Å². The molecule has 0 bridgehead atoms. The first kappa shape index (κ1) is 10.7. The normalized spacial score (nSPS) is 10.4. The molecule has 1 heterocycles. The van der Waals surface area contributed by atoms with Crippen LogP contribution < -0.4 is 5.56 Å². The lowest BCUT2D eigenvalue weighted by Gasteiger charge is -2.07. The lowest BCUT2D eigenvalue weighted by Crippen LogP contribution is -2.24. The largest absolute Gasteiger partial charge is 0.296 e. The summed E-state index contributed by atoms with van der Waals surface area (Å²) in [6.07, 6.45) is 2.30. The van der Waals surface area contributed by atoms with Gasteiger partial charge in [0, 0.05) is 18.6 Å². The summed E-state index contributed by atoms with van der Waals surface area (Å²) in [5.41, 5.74) is -0.0439. The summed E-state index contributed by atoms with van der Waals surface area (Å²) in [6.45, 7) is 2.43. The number of alkyl halides is 1. The topological polar surface area (TPSA) is 34.9 Å². The van der Waals surface area contributed by atoms with Crippen LogP contribution in [0.25, 0.3) is 0 Å². The SMILES string of the molecule is Cc1ncc(Br)c(=O)n1CCCCl. The molecular formula is C8H10BrClN2O. The van der Waals surface area contributed by atoms with E-state index in [2.05, 4.69) is 20.9 Å². The van der Waals surface area contributed by atoms with Crippen LogP contribution >= 0.6 is 27.5 Å². The summed E-state index contributed by atoms with van der Waals surface area (Å²) in [5, 5.41) is 0. The van der Waals surface area contributed by atoms with E-state index in [0.29, 0.717) is 16.9 Å². The number of hydrogen-bond donors (Lipinski definition) is 0. The zero-order valence-electron chi connectivity index (χ0n) is 7.26. The second-order valence-corrected chi connectivity index (χ2v) is 3.88. The molecule has 0 fully saturated rings. The minimum atomic E-state index is -0.0439. The Kier molecular flexibility index (Phi) is 3.93. The Labute approximate surface area is 89.9 Å². The highest BCUT2D eigenvalue weighted by molar-refractivity contribution is 9.10. The van der Waals surface area contributed by atoms with Crippen molar-refractivity contribution in [3.8, 4) is 0 Å². The second-order valence-electron chi connectivity index (χ2n) is 2.65. The molecule has 1 rings (SSSR count). The zero-order valence-corrected chi connectivity index (χ0v) is 9.60. The van der Waals surface area contributed by atoms with Gasteiger partial charge in [-0.15, -0.1) is 11.6 Å². The quantitative estimate of drug-likeness (QED) is 0.783. The number of rotatable bonds is 3. The van der Waals surface area contributed by atoms with Crippen LogP contribution in [0, 0.1) is 6.92 Å². The van der Waals surface area contributed by atoms with Gasteiger partial charge in [0.1, 0.15) is 10.3 Å². The molecule has 3 nitrogen and oxygen atoms in total. The smallest absolute Gasteiger partial charge is 0.267 e. The summed E-state index contributed by atoms with van der Waals surface area (Å²) in [6, 6.07) is 0. The fraction of sp³-hybridized carbons (Fsp3) is 0.500. The molecule has 1 aromatic heterocycles. The van der Waals surface area contributed by atoms with Gasteiger partial charge >= 0.3 is 0 Å². The molecule has 72 valence electrons.